The van der Waals surface area contributed by atoms with Crippen molar-refractivity contribution in [3.05, 3.63) is 11.6 Å². The lowest BCUT2D eigenvalue weighted by atomic mass is 10.1. The molecule has 2 unspecified atom stereocenters. The maximum absolute atomic E-state index is 12.3. The molecule has 1 saturated heterocycles. The Morgan fingerprint density at radius 1 is 1.61 bits per heavy atom. The van der Waals surface area contributed by atoms with Crippen LogP contribution in [0.4, 0.5) is 0 Å². The molecule has 1 fully saturated rings. The fraction of sp³-hybridized carbons (Fsp3) is 0.750. The molecule has 0 radical (unpaired) electrons. The third kappa shape index (κ3) is 2.38. The zero-order valence-corrected chi connectivity index (χ0v) is 11.2. The minimum atomic E-state index is -0.0957. The van der Waals surface area contributed by atoms with Crippen molar-refractivity contribution in [2.75, 3.05) is 13.1 Å². The van der Waals surface area contributed by atoms with Crippen LogP contribution in [0.2, 0.25) is 0 Å². The van der Waals surface area contributed by atoms with Gasteiger partial charge in [-0.3, -0.25) is 9.89 Å². The Kier molecular flexibility index (Phi) is 3.65. The maximum atomic E-state index is 12.3. The summed E-state index contributed by atoms with van der Waals surface area (Å²) >= 11 is 0. The van der Waals surface area contributed by atoms with Crippen LogP contribution < -0.4 is 5.73 Å². The van der Waals surface area contributed by atoms with Crippen molar-refractivity contribution in [2.45, 2.75) is 39.2 Å². The van der Waals surface area contributed by atoms with Crippen molar-refractivity contribution in [3.63, 3.8) is 0 Å². The first-order valence-corrected chi connectivity index (χ1v) is 6.46. The van der Waals surface area contributed by atoms with E-state index in [0.717, 1.165) is 12.2 Å². The lowest BCUT2D eigenvalue weighted by Gasteiger charge is -2.19. The van der Waals surface area contributed by atoms with Crippen molar-refractivity contribution in [2.24, 2.45) is 11.7 Å². The molecule has 18 heavy (non-hydrogen) atoms. The van der Waals surface area contributed by atoms with Crippen LogP contribution in [0.1, 0.15) is 49.6 Å². The number of hydrogen-bond donors (Lipinski definition) is 2. The van der Waals surface area contributed by atoms with Gasteiger partial charge in [0.2, 0.25) is 5.82 Å². The Labute approximate surface area is 107 Å². The van der Waals surface area contributed by atoms with E-state index in [-0.39, 0.29) is 23.7 Å². The van der Waals surface area contributed by atoms with Crippen LogP contribution in [0.5, 0.6) is 0 Å². The molecule has 1 aromatic heterocycles. The summed E-state index contributed by atoms with van der Waals surface area (Å²) in [6.07, 6.45) is 0.962. The van der Waals surface area contributed by atoms with Gasteiger partial charge >= 0.3 is 0 Å². The van der Waals surface area contributed by atoms with Crippen LogP contribution in [-0.2, 0) is 0 Å². The first-order chi connectivity index (χ1) is 8.52. The lowest BCUT2D eigenvalue weighted by Crippen LogP contribution is -2.35. The molecular formula is C12H21N5O. The highest BCUT2D eigenvalue weighted by Gasteiger charge is 2.33. The molecule has 0 saturated carbocycles. The van der Waals surface area contributed by atoms with Crippen molar-refractivity contribution >= 4 is 5.91 Å². The normalized spacial score (nSPS) is 23.9. The van der Waals surface area contributed by atoms with E-state index in [1.807, 2.05) is 25.7 Å². The number of aromatic nitrogens is 3. The number of likely N-dealkylation sites (tertiary alicyclic amines) is 1. The zero-order chi connectivity index (χ0) is 13.3. The predicted molar refractivity (Wildman–Crippen MR) is 68.1 cm³/mol. The third-order valence-electron chi connectivity index (χ3n) is 3.50. The average Bonchev–Trinajstić information content (AvgIpc) is 2.94. The number of carbonyl (C=O) groups excluding carboxylic acids is 1. The van der Waals surface area contributed by atoms with Crippen molar-refractivity contribution in [3.8, 4) is 0 Å². The summed E-state index contributed by atoms with van der Waals surface area (Å²) in [6.45, 7) is 7.40. The Balaban J connectivity index is 2.11. The van der Waals surface area contributed by atoms with Gasteiger partial charge in [0.25, 0.3) is 5.91 Å². The van der Waals surface area contributed by atoms with Crippen LogP contribution in [0, 0.1) is 5.92 Å². The fourth-order valence-electron chi connectivity index (χ4n) is 2.35. The molecular weight excluding hydrogens is 230 g/mol. The highest BCUT2D eigenvalue weighted by Crippen LogP contribution is 2.23. The summed E-state index contributed by atoms with van der Waals surface area (Å²) in [7, 11) is 0. The summed E-state index contributed by atoms with van der Waals surface area (Å²) in [4.78, 5) is 18.4. The Hall–Kier alpha value is -1.43. The molecule has 1 aliphatic rings. The van der Waals surface area contributed by atoms with Gasteiger partial charge in [-0.05, 0) is 25.8 Å². The average molecular weight is 251 g/mol. The second-order valence-electron chi connectivity index (χ2n) is 5.34. The SMILES string of the molecule is CC(C)c1nc(C(=O)N2CC(CN)CC2C)n[nH]1. The zero-order valence-electron chi connectivity index (χ0n) is 11.2. The van der Waals surface area contributed by atoms with Crippen molar-refractivity contribution in [1.82, 2.24) is 20.1 Å². The molecule has 0 spiro atoms. The highest BCUT2D eigenvalue weighted by atomic mass is 16.2. The van der Waals surface area contributed by atoms with E-state index in [1.165, 1.54) is 0 Å². The molecule has 1 amide bonds. The van der Waals surface area contributed by atoms with Gasteiger partial charge < -0.3 is 10.6 Å². The van der Waals surface area contributed by atoms with Gasteiger partial charge in [0.05, 0.1) is 0 Å². The monoisotopic (exact) mass is 251 g/mol. The van der Waals surface area contributed by atoms with E-state index in [4.69, 9.17) is 5.73 Å². The van der Waals surface area contributed by atoms with Crippen LogP contribution in [0.25, 0.3) is 0 Å². The maximum Gasteiger partial charge on any atom is 0.293 e. The molecule has 1 aromatic rings. The Bertz CT molecular complexity index is 428. The number of carbonyl (C=O) groups is 1. The molecule has 100 valence electrons. The molecule has 1 aliphatic heterocycles. The van der Waals surface area contributed by atoms with E-state index in [0.29, 0.717) is 19.0 Å². The fourth-order valence-corrected chi connectivity index (χ4v) is 2.35. The molecule has 2 rings (SSSR count). The third-order valence-corrected chi connectivity index (χ3v) is 3.50. The standard InChI is InChI=1S/C12H21N5O/c1-7(2)10-14-11(16-15-10)12(18)17-6-9(5-13)4-8(17)3/h7-9H,4-6,13H2,1-3H3,(H,14,15,16). The summed E-state index contributed by atoms with van der Waals surface area (Å²) in [5, 5.41) is 6.82. The summed E-state index contributed by atoms with van der Waals surface area (Å²) < 4.78 is 0. The van der Waals surface area contributed by atoms with E-state index >= 15 is 0 Å². The molecule has 6 heteroatoms. The van der Waals surface area contributed by atoms with E-state index in [1.54, 1.807) is 0 Å². The smallest absolute Gasteiger partial charge is 0.293 e. The van der Waals surface area contributed by atoms with Crippen molar-refractivity contribution < 1.29 is 4.79 Å². The minimum Gasteiger partial charge on any atom is -0.333 e. The highest BCUT2D eigenvalue weighted by molar-refractivity contribution is 5.90. The number of hydrogen-bond acceptors (Lipinski definition) is 4. The van der Waals surface area contributed by atoms with Crippen LogP contribution in [-0.4, -0.2) is 45.1 Å². The molecule has 0 bridgehead atoms. The lowest BCUT2D eigenvalue weighted by molar-refractivity contribution is 0.0731. The molecule has 0 aliphatic carbocycles. The molecule has 2 atom stereocenters. The number of rotatable bonds is 3. The number of amides is 1. The second kappa shape index (κ2) is 5.06. The van der Waals surface area contributed by atoms with Gasteiger partial charge in [-0.1, -0.05) is 13.8 Å². The topological polar surface area (TPSA) is 87.9 Å². The number of H-pyrrole nitrogens is 1. The van der Waals surface area contributed by atoms with Gasteiger partial charge in [0.1, 0.15) is 5.82 Å². The van der Waals surface area contributed by atoms with E-state index in [2.05, 4.69) is 15.2 Å². The summed E-state index contributed by atoms with van der Waals surface area (Å²) in [5.41, 5.74) is 5.67. The Morgan fingerprint density at radius 3 is 2.83 bits per heavy atom. The van der Waals surface area contributed by atoms with Crippen LogP contribution >= 0.6 is 0 Å². The summed E-state index contributed by atoms with van der Waals surface area (Å²) in [6, 6.07) is 0.215. The number of aromatic amines is 1. The summed E-state index contributed by atoms with van der Waals surface area (Å²) in [5.74, 6) is 1.56. The van der Waals surface area contributed by atoms with Gasteiger partial charge in [0, 0.05) is 18.5 Å². The van der Waals surface area contributed by atoms with E-state index in [9.17, 15) is 4.79 Å². The molecule has 0 aromatic carbocycles. The first-order valence-electron chi connectivity index (χ1n) is 6.46. The van der Waals surface area contributed by atoms with Crippen LogP contribution in [0.15, 0.2) is 0 Å². The first kappa shape index (κ1) is 13.0. The van der Waals surface area contributed by atoms with Gasteiger partial charge in [-0.2, -0.15) is 0 Å². The Morgan fingerprint density at radius 2 is 2.33 bits per heavy atom. The molecule has 3 N–H and O–H groups in total. The molecule has 6 nitrogen and oxygen atoms in total. The molecule has 2 heterocycles. The number of nitrogens with zero attached hydrogens (tertiary/aromatic N) is 3. The largest absolute Gasteiger partial charge is 0.333 e. The predicted octanol–water partition coefficient (Wildman–Crippen LogP) is 0.737. The van der Waals surface area contributed by atoms with Crippen molar-refractivity contribution in [1.29, 1.82) is 0 Å². The van der Waals surface area contributed by atoms with Gasteiger partial charge in [-0.25, -0.2) is 4.98 Å². The number of nitrogens with one attached hydrogen (secondary N) is 1. The van der Waals surface area contributed by atoms with Gasteiger partial charge in [0.15, 0.2) is 0 Å². The number of nitrogens with two attached hydrogens (primary N) is 1. The van der Waals surface area contributed by atoms with Crippen LogP contribution in [0.3, 0.4) is 0 Å². The van der Waals surface area contributed by atoms with Gasteiger partial charge in [-0.15, -0.1) is 5.10 Å². The second-order valence-corrected chi connectivity index (χ2v) is 5.34. The quantitative estimate of drug-likeness (QED) is 0.829. The minimum absolute atomic E-state index is 0.0957. The van der Waals surface area contributed by atoms with E-state index < -0.39 is 0 Å².